The van der Waals surface area contributed by atoms with Gasteiger partial charge in [-0.25, -0.2) is 9.36 Å². The summed E-state index contributed by atoms with van der Waals surface area (Å²) >= 11 is 0. The second-order valence-electron chi connectivity index (χ2n) is 7.24. The van der Waals surface area contributed by atoms with Gasteiger partial charge in [-0.05, 0) is 31.5 Å². The molecule has 1 unspecified atom stereocenters. The molecular weight excluding hydrogens is 382 g/mol. The highest BCUT2D eigenvalue weighted by Crippen LogP contribution is 2.12. The zero-order valence-corrected chi connectivity index (χ0v) is 16.6. The van der Waals surface area contributed by atoms with Gasteiger partial charge in [0.05, 0.1) is 30.7 Å². The van der Waals surface area contributed by atoms with Gasteiger partial charge in [-0.1, -0.05) is 18.2 Å². The summed E-state index contributed by atoms with van der Waals surface area (Å²) in [5.74, 6) is 0.397. The summed E-state index contributed by atoms with van der Waals surface area (Å²) in [6, 6.07) is 11.5. The molecule has 3 N–H and O–H groups in total. The Balaban J connectivity index is 1.28. The molecule has 1 fully saturated rings. The summed E-state index contributed by atoms with van der Waals surface area (Å²) in [7, 11) is 0. The van der Waals surface area contributed by atoms with Crippen LogP contribution in [0.25, 0.3) is 5.69 Å². The molecule has 4 rings (SSSR count). The van der Waals surface area contributed by atoms with Crippen molar-refractivity contribution in [3.05, 3.63) is 60.6 Å². The number of amides is 2. The number of hydrogen-bond donors (Lipinski definition) is 3. The van der Waals surface area contributed by atoms with Gasteiger partial charge in [0, 0.05) is 30.8 Å². The first-order chi connectivity index (χ1) is 14.7. The van der Waals surface area contributed by atoms with E-state index in [2.05, 4.69) is 26.1 Å². The molecular formula is C21H25N7O2. The van der Waals surface area contributed by atoms with Crippen molar-refractivity contribution in [3.63, 3.8) is 0 Å². The van der Waals surface area contributed by atoms with Gasteiger partial charge in [0.15, 0.2) is 0 Å². The Labute approximate surface area is 174 Å². The Kier molecular flexibility index (Phi) is 6.19. The first-order valence-corrected chi connectivity index (χ1v) is 10.1. The predicted molar refractivity (Wildman–Crippen MR) is 112 cm³/mol. The van der Waals surface area contributed by atoms with E-state index in [1.165, 1.54) is 0 Å². The number of carbonyl (C=O) groups excluding carboxylic acids is 2. The Morgan fingerprint density at radius 3 is 2.83 bits per heavy atom. The van der Waals surface area contributed by atoms with Crippen molar-refractivity contribution in [2.75, 3.05) is 18.4 Å². The fraction of sp³-hybridized carbons (Fsp3) is 0.333. The Bertz CT molecular complexity index is 990. The van der Waals surface area contributed by atoms with Crippen LogP contribution < -0.4 is 16.0 Å². The molecule has 0 aliphatic carbocycles. The number of anilines is 1. The van der Waals surface area contributed by atoms with Crippen molar-refractivity contribution in [2.24, 2.45) is 0 Å². The van der Waals surface area contributed by atoms with Crippen LogP contribution in [0, 0.1) is 0 Å². The van der Waals surface area contributed by atoms with Crippen molar-refractivity contribution >= 4 is 17.6 Å². The van der Waals surface area contributed by atoms with E-state index < -0.39 is 0 Å². The van der Waals surface area contributed by atoms with Gasteiger partial charge in [0.2, 0.25) is 11.8 Å². The average molecular weight is 407 g/mol. The van der Waals surface area contributed by atoms with Gasteiger partial charge in [-0.2, -0.15) is 10.2 Å². The molecule has 0 spiro atoms. The van der Waals surface area contributed by atoms with Gasteiger partial charge in [-0.15, -0.1) is 0 Å². The van der Waals surface area contributed by atoms with E-state index in [1.807, 2.05) is 36.5 Å². The summed E-state index contributed by atoms with van der Waals surface area (Å²) < 4.78 is 3.52. The van der Waals surface area contributed by atoms with Crippen LogP contribution in [0.3, 0.4) is 0 Å². The highest BCUT2D eigenvalue weighted by Gasteiger charge is 2.21. The van der Waals surface area contributed by atoms with Gasteiger partial charge < -0.3 is 16.0 Å². The number of hydrogen-bond acceptors (Lipinski definition) is 5. The van der Waals surface area contributed by atoms with Crippen LogP contribution in [-0.4, -0.2) is 50.5 Å². The molecule has 9 nitrogen and oxygen atoms in total. The molecule has 1 aliphatic rings. The molecule has 1 saturated heterocycles. The number of para-hydroxylation sites is 1. The van der Waals surface area contributed by atoms with Gasteiger partial charge in [0.1, 0.15) is 5.82 Å². The first-order valence-electron chi connectivity index (χ1n) is 10.1. The largest absolute Gasteiger partial charge is 0.354 e. The second-order valence-corrected chi connectivity index (χ2v) is 7.24. The summed E-state index contributed by atoms with van der Waals surface area (Å²) in [5.41, 5.74) is 1.95. The highest BCUT2D eigenvalue weighted by molar-refractivity contribution is 5.90. The lowest BCUT2D eigenvalue weighted by Crippen LogP contribution is -2.41. The van der Waals surface area contributed by atoms with Gasteiger partial charge in [0.25, 0.3) is 0 Å². The number of benzene rings is 1. The number of carbonyl (C=O) groups is 2. The van der Waals surface area contributed by atoms with Crippen LogP contribution >= 0.6 is 0 Å². The fourth-order valence-electron chi connectivity index (χ4n) is 3.44. The highest BCUT2D eigenvalue weighted by atomic mass is 16.2. The molecule has 0 radical (unpaired) electrons. The fourth-order valence-corrected chi connectivity index (χ4v) is 3.44. The molecule has 2 aromatic heterocycles. The zero-order valence-electron chi connectivity index (χ0n) is 16.6. The van der Waals surface area contributed by atoms with Crippen molar-refractivity contribution in [1.82, 2.24) is 30.2 Å². The molecule has 9 heteroatoms. The van der Waals surface area contributed by atoms with Crippen LogP contribution in [0.15, 0.2) is 55.0 Å². The minimum absolute atomic E-state index is 0.0410. The van der Waals surface area contributed by atoms with E-state index in [0.717, 1.165) is 30.6 Å². The third-order valence-corrected chi connectivity index (χ3v) is 5.00. The average Bonchev–Trinajstić information content (AvgIpc) is 3.52. The molecule has 156 valence electrons. The van der Waals surface area contributed by atoms with Crippen LogP contribution in [-0.2, 0) is 16.1 Å². The molecule has 1 atom stereocenters. The lowest BCUT2D eigenvalue weighted by Gasteiger charge is -2.11. The monoisotopic (exact) mass is 407 g/mol. The molecule has 1 aromatic carbocycles. The standard InChI is InChI=1S/C21H25N7O2/c29-20(9-11-23-21(30)18-7-4-10-22-18)26-19-8-12-24-28(19)15-16-13-25-27(14-16)17-5-2-1-3-6-17/h1-3,5-6,8,12-14,18,22H,4,7,9-11,15H2,(H,23,30)(H,26,29). The Morgan fingerprint density at radius 2 is 2.03 bits per heavy atom. The van der Waals surface area contributed by atoms with Crippen LogP contribution in [0.2, 0.25) is 0 Å². The summed E-state index contributed by atoms with van der Waals surface area (Å²) in [6.07, 6.45) is 7.42. The maximum Gasteiger partial charge on any atom is 0.237 e. The predicted octanol–water partition coefficient (Wildman–Crippen LogP) is 1.31. The lowest BCUT2D eigenvalue weighted by atomic mass is 10.2. The minimum Gasteiger partial charge on any atom is -0.354 e. The zero-order chi connectivity index (χ0) is 20.8. The van der Waals surface area contributed by atoms with E-state index in [0.29, 0.717) is 18.9 Å². The van der Waals surface area contributed by atoms with E-state index in [9.17, 15) is 9.59 Å². The molecule has 0 bridgehead atoms. The lowest BCUT2D eigenvalue weighted by molar-refractivity contribution is -0.122. The van der Waals surface area contributed by atoms with Crippen LogP contribution in [0.5, 0.6) is 0 Å². The topological polar surface area (TPSA) is 106 Å². The van der Waals surface area contributed by atoms with Crippen molar-refractivity contribution in [2.45, 2.75) is 31.8 Å². The second kappa shape index (κ2) is 9.36. The number of rotatable bonds is 8. The van der Waals surface area contributed by atoms with Crippen LogP contribution in [0.1, 0.15) is 24.8 Å². The summed E-state index contributed by atoms with van der Waals surface area (Å²) in [4.78, 5) is 24.2. The maximum absolute atomic E-state index is 12.3. The SMILES string of the molecule is O=C(CCNC(=O)C1CCCN1)Nc1ccnn1Cc1cnn(-c2ccccc2)c1. The maximum atomic E-state index is 12.3. The third-order valence-electron chi connectivity index (χ3n) is 5.00. The minimum atomic E-state index is -0.170. The van der Waals surface area contributed by atoms with Crippen molar-refractivity contribution in [3.8, 4) is 5.69 Å². The third kappa shape index (κ3) is 4.93. The smallest absolute Gasteiger partial charge is 0.237 e. The first kappa shape index (κ1) is 19.8. The van der Waals surface area contributed by atoms with E-state index in [4.69, 9.17) is 0 Å². The van der Waals surface area contributed by atoms with E-state index in [1.54, 1.807) is 27.8 Å². The Hall–Kier alpha value is -3.46. The van der Waals surface area contributed by atoms with Crippen molar-refractivity contribution in [1.29, 1.82) is 0 Å². The number of nitrogens with zero attached hydrogens (tertiary/aromatic N) is 4. The van der Waals surface area contributed by atoms with E-state index in [-0.39, 0.29) is 24.3 Å². The van der Waals surface area contributed by atoms with Gasteiger partial charge in [-0.3, -0.25) is 9.59 Å². The van der Waals surface area contributed by atoms with Gasteiger partial charge >= 0.3 is 0 Å². The molecule has 30 heavy (non-hydrogen) atoms. The summed E-state index contributed by atoms with van der Waals surface area (Å²) in [6.45, 7) is 1.66. The molecule has 3 heterocycles. The molecule has 1 aliphatic heterocycles. The molecule has 2 amide bonds. The molecule has 3 aromatic rings. The number of nitrogens with one attached hydrogen (secondary N) is 3. The summed E-state index contributed by atoms with van der Waals surface area (Å²) in [5, 5.41) is 17.5. The van der Waals surface area contributed by atoms with E-state index >= 15 is 0 Å². The normalized spacial score (nSPS) is 15.8. The molecule has 0 saturated carbocycles. The van der Waals surface area contributed by atoms with Crippen molar-refractivity contribution < 1.29 is 9.59 Å². The van der Waals surface area contributed by atoms with Crippen LogP contribution in [0.4, 0.5) is 5.82 Å². The number of aromatic nitrogens is 4. The quantitative estimate of drug-likeness (QED) is 0.522. The Morgan fingerprint density at radius 1 is 1.17 bits per heavy atom.